The molecule has 2 aromatic rings. The second-order valence-corrected chi connectivity index (χ2v) is 8.75. The Labute approximate surface area is 152 Å². The Balaban J connectivity index is 2.03. The first-order valence-electron chi connectivity index (χ1n) is 8.49. The van der Waals surface area contributed by atoms with Crippen molar-refractivity contribution < 1.29 is 9.64 Å². The van der Waals surface area contributed by atoms with E-state index in [9.17, 15) is 0 Å². The summed E-state index contributed by atoms with van der Waals surface area (Å²) in [5.41, 5.74) is 1.31. The number of nitrogens with one attached hydrogen (secondary N) is 2. The minimum Gasteiger partial charge on any atom is -0.369 e. The summed E-state index contributed by atoms with van der Waals surface area (Å²) < 4.78 is 6.11. The van der Waals surface area contributed by atoms with Crippen LogP contribution in [-0.2, 0) is 17.8 Å². The van der Waals surface area contributed by atoms with Crippen molar-refractivity contribution in [1.82, 2.24) is 9.97 Å². The third-order valence-corrected chi connectivity index (χ3v) is 6.31. The van der Waals surface area contributed by atoms with Crippen LogP contribution in [0.2, 0.25) is 0 Å². The molecule has 0 bridgehead atoms. The number of nitrogens with zero attached hydrogens (tertiary/aromatic N) is 2. The predicted octanol–water partition coefficient (Wildman–Crippen LogP) is 2.21. The molecule has 132 valence electrons. The van der Waals surface area contributed by atoms with Crippen LogP contribution in [-0.4, -0.2) is 49.0 Å². The van der Waals surface area contributed by atoms with E-state index >= 15 is 0 Å². The number of thioether (sulfide) groups is 1. The number of likely N-dealkylation sites (N-methyl/N-ethyl adjacent to an activating group) is 1. The highest BCUT2D eigenvalue weighted by molar-refractivity contribution is 7.98. The Morgan fingerprint density at radius 3 is 2.83 bits per heavy atom. The molecular weight excluding hydrogens is 340 g/mol. The molecule has 0 saturated carbocycles. The lowest BCUT2D eigenvalue weighted by atomic mass is 9.90. The molecule has 1 aliphatic heterocycles. The van der Waals surface area contributed by atoms with Gasteiger partial charge in [-0.3, -0.25) is 0 Å². The molecule has 7 heteroatoms. The molecule has 2 aromatic heterocycles. The van der Waals surface area contributed by atoms with Crippen molar-refractivity contribution in [2.75, 3.05) is 38.8 Å². The van der Waals surface area contributed by atoms with Crippen LogP contribution in [0.25, 0.3) is 10.2 Å². The van der Waals surface area contributed by atoms with Gasteiger partial charge >= 0.3 is 0 Å². The molecule has 5 nitrogen and oxygen atoms in total. The Morgan fingerprint density at radius 1 is 1.38 bits per heavy atom. The van der Waals surface area contributed by atoms with Gasteiger partial charge in [0.15, 0.2) is 5.16 Å². The molecule has 2 N–H and O–H groups in total. The summed E-state index contributed by atoms with van der Waals surface area (Å²) in [6.07, 6.45) is 3.98. The number of rotatable bonds is 6. The normalized spacial score (nSPS) is 20.6. The van der Waals surface area contributed by atoms with Crippen molar-refractivity contribution in [1.29, 1.82) is 0 Å². The SMILES string of the molecule is CC[C@@]1(C)Cc2c(sc3nc(SC)nc(NCC[NH+](C)C)c23)CO1. The summed E-state index contributed by atoms with van der Waals surface area (Å²) in [6.45, 7) is 7.06. The van der Waals surface area contributed by atoms with Crippen molar-refractivity contribution in [3.63, 3.8) is 0 Å². The third kappa shape index (κ3) is 3.54. The fourth-order valence-electron chi connectivity index (χ4n) is 2.93. The lowest BCUT2D eigenvalue weighted by Gasteiger charge is -2.33. The van der Waals surface area contributed by atoms with Crippen molar-refractivity contribution in [2.24, 2.45) is 0 Å². The van der Waals surface area contributed by atoms with Crippen LogP contribution >= 0.6 is 23.1 Å². The van der Waals surface area contributed by atoms with Crippen LogP contribution in [0.5, 0.6) is 0 Å². The zero-order valence-corrected chi connectivity index (χ0v) is 16.8. The highest BCUT2D eigenvalue weighted by Gasteiger charge is 2.33. The van der Waals surface area contributed by atoms with Crippen LogP contribution in [0, 0.1) is 0 Å². The third-order valence-electron chi connectivity index (χ3n) is 4.66. The van der Waals surface area contributed by atoms with Crippen molar-refractivity contribution in [2.45, 2.75) is 44.1 Å². The Hall–Kier alpha value is -0.890. The predicted molar refractivity (Wildman–Crippen MR) is 103 cm³/mol. The Kier molecular flexibility index (Phi) is 5.34. The second kappa shape index (κ2) is 7.15. The number of thiophene rings is 1. The molecule has 3 rings (SSSR count). The summed E-state index contributed by atoms with van der Waals surface area (Å²) >= 11 is 3.36. The van der Waals surface area contributed by atoms with Crippen molar-refractivity contribution in [3.05, 3.63) is 10.4 Å². The van der Waals surface area contributed by atoms with Gasteiger partial charge < -0.3 is 15.0 Å². The van der Waals surface area contributed by atoms with Gasteiger partial charge in [0.1, 0.15) is 10.6 Å². The molecule has 0 fully saturated rings. The molecule has 0 spiro atoms. The van der Waals surface area contributed by atoms with Crippen LogP contribution in [0.3, 0.4) is 0 Å². The van der Waals surface area contributed by atoms with Crippen LogP contribution < -0.4 is 10.2 Å². The van der Waals surface area contributed by atoms with Crippen molar-refractivity contribution >= 4 is 39.1 Å². The second-order valence-electron chi connectivity index (χ2n) is 6.90. The maximum atomic E-state index is 6.11. The van der Waals surface area contributed by atoms with E-state index in [1.54, 1.807) is 23.1 Å². The van der Waals surface area contributed by atoms with E-state index in [0.717, 1.165) is 41.7 Å². The first kappa shape index (κ1) is 17.9. The minimum atomic E-state index is -0.0791. The maximum Gasteiger partial charge on any atom is 0.190 e. The first-order chi connectivity index (χ1) is 11.5. The highest BCUT2D eigenvalue weighted by atomic mass is 32.2. The molecule has 1 atom stereocenters. The van der Waals surface area contributed by atoms with Crippen LogP contribution in [0.1, 0.15) is 30.7 Å². The monoisotopic (exact) mass is 367 g/mol. The van der Waals surface area contributed by atoms with Gasteiger partial charge in [-0.05, 0) is 25.2 Å². The van der Waals surface area contributed by atoms with Crippen LogP contribution in [0.15, 0.2) is 5.16 Å². The van der Waals surface area contributed by atoms with E-state index in [4.69, 9.17) is 14.7 Å². The van der Waals surface area contributed by atoms with Gasteiger partial charge in [0, 0.05) is 11.3 Å². The summed E-state index contributed by atoms with van der Waals surface area (Å²) in [5, 5.41) is 5.60. The molecule has 0 unspecified atom stereocenters. The van der Waals surface area contributed by atoms with Gasteiger partial charge in [0.2, 0.25) is 0 Å². The number of fused-ring (bicyclic) bond motifs is 3. The minimum absolute atomic E-state index is 0.0791. The number of aromatic nitrogens is 2. The number of hydrogen-bond acceptors (Lipinski definition) is 6. The number of hydrogen-bond donors (Lipinski definition) is 2. The molecule has 0 amide bonds. The molecular formula is C17H27N4OS2+. The summed E-state index contributed by atoms with van der Waals surface area (Å²) in [4.78, 5) is 13.3. The van der Waals surface area contributed by atoms with E-state index in [-0.39, 0.29) is 5.60 Å². The lowest BCUT2D eigenvalue weighted by Crippen LogP contribution is -3.06. The molecule has 0 saturated heterocycles. The van der Waals surface area contributed by atoms with E-state index in [1.165, 1.54) is 20.7 Å². The van der Waals surface area contributed by atoms with E-state index in [0.29, 0.717) is 6.61 Å². The topological polar surface area (TPSA) is 51.5 Å². The Bertz CT molecular complexity index is 731. The molecule has 0 aromatic carbocycles. The largest absolute Gasteiger partial charge is 0.369 e. The maximum absolute atomic E-state index is 6.11. The lowest BCUT2D eigenvalue weighted by molar-refractivity contribution is -0.856. The average molecular weight is 368 g/mol. The molecule has 1 aliphatic rings. The van der Waals surface area contributed by atoms with Gasteiger partial charge in [0.05, 0.1) is 44.8 Å². The van der Waals surface area contributed by atoms with Gasteiger partial charge in [-0.1, -0.05) is 18.7 Å². The van der Waals surface area contributed by atoms with E-state index in [1.807, 2.05) is 6.26 Å². The fourth-order valence-corrected chi connectivity index (χ4v) is 4.46. The zero-order valence-electron chi connectivity index (χ0n) is 15.2. The highest BCUT2D eigenvalue weighted by Crippen LogP contribution is 2.42. The standard InChI is InChI=1S/C17H26N4OS2/c1-6-17(2)9-11-12(10-22-17)24-15-13(11)14(18-7-8-21(3)4)19-16(20-15)23-5/h6-10H2,1-5H3,(H,18,19,20)/p+1/t17-/m0/s1. The molecule has 0 radical (unpaired) electrons. The first-order valence-corrected chi connectivity index (χ1v) is 10.5. The quantitative estimate of drug-likeness (QED) is 0.606. The number of quaternary nitrogens is 1. The van der Waals surface area contributed by atoms with Crippen LogP contribution in [0.4, 0.5) is 5.82 Å². The number of ether oxygens (including phenoxy) is 1. The smallest absolute Gasteiger partial charge is 0.190 e. The molecule has 0 aliphatic carbocycles. The van der Waals surface area contributed by atoms with Gasteiger partial charge in [-0.15, -0.1) is 11.3 Å². The summed E-state index contributed by atoms with van der Waals surface area (Å²) in [6, 6.07) is 0. The number of anilines is 1. The molecule has 3 heterocycles. The van der Waals surface area contributed by atoms with E-state index in [2.05, 4.69) is 33.3 Å². The fraction of sp³-hybridized carbons (Fsp3) is 0.647. The van der Waals surface area contributed by atoms with Gasteiger partial charge in [0.25, 0.3) is 0 Å². The summed E-state index contributed by atoms with van der Waals surface area (Å²) in [5.74, 6) is 0.989. The van der Waals surface area contributed by atoms with Gasteiger partial charge in [-0.2, -0.15) is 0 Å². The zero-order chi connectivity index (χ0) is 17.3. The van der Waals surface area contributed by atoms with Gasteiger partial charge in [-0.25, -0.2) is 9.97 Å². The average Bonchev–Trinajstić information content (AvgIpc) is 2.91. The summed E-state index contributed by atoms with van der Waals surface area (Å²) in [7, 11) is 4.34. The van der Waals surface area contributed by atoms with Crippen molar-refractivity contribution in [3.8, 4) is 0 Å². The molecule has 24 heavy (non-hydrogen) atoms. The van der Waals surface area contributed by atoms with E-state index < -0.39 is 0 Å². The Morgan fingerprint density at radius 2 is 2.17 bits per heavy atom.